The van der Waals surface area contributed by atoms with Crippen LogP contribution in [-0.2, 0) is 9.53 Å². The first kappa shape index (κ1) is 16.4. The van der Waals surface area contributed by atoms with Crippen molar-refractivity contribution in [3.63, 3.8) is 0 Å². The summed E-state index contributed by atoms with van der Waals surface area (Å²) in [5, 5.41) is 18.5. The topological polar surface area (TPSA) is 90.9 Å². The van der Waals surface area contributed by atoms with Crippen LogP contribution in [0.5, 0.6) is 0 Å². The minimum absolute atomic E-state index is 0.0235. The van der Waals surface area contributed by atoms with Crippen molar-refractivity contribution < 1.29 is 14.3 Å². The lowest BCUT2D eigenvalue weighted by atomic mass is 9.80. The van der Waals surface area contributed by atoms with Crippen molar-refractivity contribution in [1.29, 1.82) is 10.5 Å². The van der Waals surface area contributed by atoms with Gasteiger partial charge >= 0.3 is 5.97 Å². The highest BCUT2D eigenvalue weighted by atomic mass is 16.5. The van der Waals surface area contributed by atoms with Gasteiger partial charge in [-0.3, -0.25) is 9.59 Å². The average Bonchev–Trinajstić information content (AvgIpc) is 2.51. The summed E-state index contributed by atoms with van der Waals surface area (Å²) in [4.78, 5) is 23.3. The van der Waals surface area contributed by atoms with Gasteiger partial charge in [0.2, 0.25) is 0 Å². The smallest absolute Gasteiger partial charge is 0.305 e. The summed E-state index contributed by atoms with van der Waals surface area (Å²) in [6.45, 7) is 1.90. The fraction of sp³-hybridized carbons (Fsp3) is 0.375. The Bertz CT molecular complexity index is 592. The second-order valence-electron chi connectivity index (χ2n) is 4.85. The van der Waals surface area contributed by atoms with Gasteiger partial charge < -0.3 is 4.74 Å². The third-order valence-corrected chi connectivity index (χ3v) is 3.25. The molecule has 5 heteroatoms. The Morgan fingerprint density at radius 1 is 1.19 bits per heavy atom. The van der Waals surface area contributed by atoms with E-state index in [0.717, 1.165) is 5.56 Å². The average molecular weight is 284 g/mol. The molecule has 0 N–H and O–H groups in total. The van der Waals surface area contributed by atoms with E-state index in [4.69, 9.17) is 0 Å². The van der Waals surface area contributed by atoms with E-state index in [9.17, 15) is 20.1 Å². The van der Waals surface area contributed by atoms with E-state index >= 15 is 0 Å². The Morgan fingerprint density at radius 3 is 2.24 bits per heavy atom. The van der Waals surface area contributed by atoms with Crippen molar-refractivity contribution in [2.75, 3.05) is 7.11 Å². The molecule has 0 atom stereocenters. The monoisotopic (exact) mass is 284 g/mol. The van der Waals surface area contributed by atoms with E-state index in [2.05, 4.69) is 4.74 Å². The van der Waals surface area contributed by atoms with Crippen molar-refractivity contribution in [3.05, 3.63) is 35.4 Å². The van der Waals surface area contributed by atoms with E-state index in [1.54, 1.807) is 24.3 Å². The number of ketones is 1. The zero-order valence-corrected chi connectivity index (χ0v) is 12.0. The van der Waals surface area contributed by atoms with Crippen LogP contribution in [0.2, 0.25) is 0 Å². The van der Waals surface area contributed by atoms with Crippen LogP contribution in [0.15, 0.2) is 24.3 Å². The van der Waals surface area contributed by atoms with Crippen molar-refractivity contribution in [2.45, 2.75) is 26.2 Å². The number of ether oxygens (including phenoxy) is 1. The summed E-state index contributed by atoms with van der Waals surface area (Å²) in [6.07, 6.45) is -0.330. The van der Waals surface area contributed by atoms with Gasteiger partial charge in [0.1, 0.15) is 0 Å². The number of esters is 1. The maximum Gasteiger partial charge on any atom is 0.305 e. The molecule has 0 amide bonds. The summed E-state index contributed by atoms with van der Waals surface area (Å²) in [7, 11) is 1.24. The molecule has 0 unspecified atom stereocenters. The van der Waals surface area contributed by atoms with Crippen LogP contribution < -0.4 is 0 Å². The molecule has 5 nitrogen and oxygen atoms in total. The van der Waals surface area contributed by atoms with Crippen LogP contribution in [0.3, 0.4) is 0 Å². The summed E-state index contributed by atoms with van der Waals surface area (Å²) in [6, 6.07) is 10.6. The first-order valence-corrected chi connectivity index (χ1v) is 6.45. The first-order chi connectivity index (χ1) is 9.96. The minimum atomic E-state index is -1.50. The lowest BCUT2D eigenvalue weighted by molar-refractivity contribution is -0.141. The summed E-state index contributed by atoms with van der Waals surface area (Å²) < 4.78 is 4.49. The molecule has 0 saturated heterocycles. The molecule has 0 radical (unpaired) electrons. The van der Waals surface area contributed by atoms with Crippen molar-refractivity contribution in [1.82, 2.24) is 0 Å². The van der Waals surface area contributed by atoms with Crippen LogP contribution >= 0.6 is 0 Å². The molecule has 0 heterocycles. The van der Waals surface area contributed by atoms with Gasteiger partial charge in [0, 0.05) is 18.4 Å². The molecule has 1 rings (SSSR count). The number of carbonyl (C=O) groups excluding carboxylic acids is 2. The molecule has 0 aromatic heterocycles. The fourth-order valence-corrected chi connectivity index (χ4v) is 1.84. The highest BCUT2D eigenvalue weighted by Gasteiger charge is 2.34. The molecule has 0 spiro atoms. The van der Waals surface area contributed by atoms with E-state index < -0.39 is 11.4 Å². The summed E-state index contributed by atoms with van der Waals surface area (Å²) in [5.41, 5.74) is -0.0338. The Kier molecular flexibility index (Phi) is 5.63. The van der Waals surface area contributed by atoms with Crippen molar-refractivity contribution in [3.8, 4) is 12.1 Å². The Balaban J connectivity index is 2.85. The zero-order valence-electron chi connectivity index (χ0n) is 12.0. The van der Waals surface area contributed by atoms with Crippen LogP contribution in [0.25, 0.3) is 0 Å². The van der Waals surface area contributed by atoms with E-state index in [-0.39, 0.29) is 25.0 Å². The number of hydrogen-bond acceptors (Lipinski definition) is 5. The first-order valence-electron chi connectivity index (χ1n) is 6.45. The minimum Gasteiger partial charge on any atom is -0.469 e. The SMILES string of the molecule is COC(=O)CCC(C#N)(C#N)CC(=O)c1ccc(C)cc1. The van der Waals surface area contributed by atoms with Gasteiger partial charge in [-0.05, 0) is 13.3 Å². The molecule has 0 saturated carbocycles. The number of Topliss-reactive ketones (excluding diaryl/α,β-unsaturated/α-hetero) is 1. The number of benzene rings is 1. The number of hydrogen-bond donors (Lipinski definition) is 0. The van der Waals surface area contributed by atoms with Crippen LogP contribution in [-0.4, -0.2) is 18.9 Å². The molecule has 0 bridgehead atoms. The van der Waals surface area contributed by atoms with Gasteiger partial charge in [-0.15, -0.1) is 0 Å². The molecule has 1 aromatic carbocycles. The third-order valence-electron chi connectivity index (χ3n) is 3.25. The lowest BCUT2D eigenvalue weighted by Gasteiger charge is -2.17. The number of carbonyl (C=O) groups is 2. The van der Waals surface area contributed by atoms with Crippen LogP contribution in [0.4, 0.5) is 0 Å². The number of methoxy groups -OCH3 is 1. The molecule has 0 aliphatic rings. The molecule has 1 aromatic rings. The van der Waals surface area contributed by atoms with E-state index in [0.29, 0.717) is 5.56 Å². The van der Waals surface area contributed by atoms with Crippen LogP contribution in [0, 0.1) is 35.0 Å². The maximum absolute atomic E-state index is 12.2. The van der Waals surface area contributed by atoms with Gasteiger partial charge in [-0.2, -0.15) is 10.5 Å². The second-order valence-corrected chi connectivity index (χ2v) is 4.85. The van der Waals surface area contributed by atoms with Gasteiger partial charge in [0.15, 0.2) is 11.2 Å². The van der Waals surface area contributed by atoms with Crippen molar-refractivity contribution >= 4 is 11.8 Å². The standard InChI is InChI=1S/C16H16N2O3/c1-12-3-5-13(6-4-12)14(19)9-16(10-17,11-18)8-7-15(20)21-2/h3-6H,7-9H2,1-2H3. The number of rotatable bonds is 6. The zero-order chi connectivity index (χ0) is 15.9. The normalized spacial score (nSPS) is 10.3. The van der Waals surface area contributed by atoms with E-state index in [1.165, 1.54) is 7.11 Å². The number of aryl methyl sites for hydroxylation is 1. The second kappa shape index (κ2) is 7.21. The molecule has 21 heavy (non-hydrogen) atoms. The van der Waals surface area contributed by atoms with E-state index in [1.807, 2.05) is 19.1 Å². The van der Waals surface area contributed by atoms with Gasteiger partial charge in [-0.25, -0.2) is 0 Å². The number of nitriles is 2. The van der Waals surface area contributed by atoms with Gasteiger partial charge in [0.25, 0.3) is 0 Å². The Morgan fingerprint density at radius 2 is 1.76 bits per heavy atom. The summed E-state index contributed by atoms with van der Waals surface area (Å²) in [5.74, 6) is -0.796. The van der Waals surface area contributed by atoms with Crippen LogP contribution in [0.1, 0.15) is 35.2 Å². The third kappa shape index (κ3) is 4.43. The lowest BCUT2D eigenvalue weighted by Crippen LogP contribution is -2.22. The predicted molar refractivity (Wildman–Crippen MR) is 75.0 cm³/mol. The highest BCUT2D eigenvalue weighted by molar-refractivity contribution is 5.97. The molecular weight excluding hydrogens is 268 g/mol. The van der Waals surface area contributed by atoms with Gasteiger partial charge in [-0.1, -0.05) is 29.8 Å². The molecule has 0 fully saturated rings. The number of nitrogens with zero attached hydrogens (tertiary/aromatic N) is 2. The summed E-state index contributed by atoms with van der Waals surface area (Å²) >= 11 is 0. The fourth-order valence-electron chi connectivity index (χ4n) is 1.84. The Hall–Kier alpha value is -2.66. The largest absolute Gasteiger partial charge is 0.469 e. The quantitative estimate of drug-likeness (QED) is 0.591. The Labute approximate surface area is 123 Å². The molecule has 108 valence electrons. The molecular formula is C16H16N2O3. The molecule has 0 aliphatic carbocycles. The van der Waals surface area contributed by atoms with Gasteiger partial charge in [0.05, 0.1) is 19.2 Å². The highest BCUT2D eigenvalue weighted by Crippen LogP contribution is 2.28. The van der Waals surface area contributed by atoms with Crippen molar-refractivity contribution in [2.24, 2.45) is 5.41 Å². The maximum atomic E-state index is 12.2. The molecule has 0 aliphatic heterocycles. The predicted octanol–water partition coefficient (Wildman–Crippen LogP) is 2.55.